The quantitative estimate of drug-likeness (QED) is 0.891. The molecule has 2 amide bonds. The van der Waals surface area contributed by atoms with E-state index in [0.717, 1.165) is 30.1 Å². The minimum Gasteiger partial charge on any atom is -0.353 e. The lowest BCUT2D eigenvalue weighted by molar-refractivity contribution is -0.123. The van der Waals surface area contributed by atoms with Crippen molar-refractivity contribution in [2.45, 2.75) is 30.7 Å². The largest absolute Gasteiger partial charge is 0.353 e. The number of likely N-dealkylation sites (N-methyl/N-ethyl adjacent to an activating group) is 1. The number of hydrogen-bond donors (Lipinski definition) is 1. The van der Waals surface area contributed by atoms with E-state index in [1.165, 1.54) is 18.2 Å². The summed E-state index contributed by atoms with van der Waals surface area (Å²) in [5, 5.41) is 3.01. The van der Waals surface area contributed by atoms with E-state index in [1.807, 2.05) is 24.3 Å². The molecular formula is C17H23N3O2S. The highest BCUT2D eigenvalue weighted by atomic mass is 32.2. The van der Waals surface area contributed by atoms with Gasteiger partial charge in [0, 0.05) is 17.5 Å². The smallest absolute Gasteiger partial charge is 0.240 e. The molecule has 1 atom stereocenters. The molecule has 6 heteroatoms. The highest BCUT2D eigenvalue weighted by Crippen LogP contribution is 2.34. The molecule has 2 aliphatic heterocycles. The topological polar surface area (TPSA) is 52.7 Å². The summed E-state index contributed by atoms with van der Waals surface area (Å²) < 4.78 is 0. The molecule has 23 heavy (non-hydrogen) atoms. The van der Waals surface area contributed by atoms with Gasteiger partial charge in [0.2, 0.25) is 11.8 Å². The van der Waals surface area contributed by atoms with Crippen LogP contribution in [0.2, 0.25) is 0 Å². The standard InChI is InChI=1S/C17H23N3O2S/c1-2-19-9-5-6-13(19)10-18-16(21)11-20-14-7-3-4-8-15(14)23-12-17(20)22/h3-4,7-8,13H,2,5-6,9-12H2,1H3,(H,18,21). The molecule has 1 saturated heterocycles. The fourth-order valence-corrected chi connectivity index (χ4v) is 4.24. The first-order valence-electron chi connectivity index (χ1n) is 8.22. The number of thioether (sulfide) groups is 1. The van der Waals surface area contributed by atoms with E-state index in [9.17, 15) is 9.59 Å². The van der Waals surface area contributed by atoms with Crippen molar-refractivity contribution in [3.05, 3.63) is 24.3 Å². The zero-order valence-electron chi connectivity index (χ0n) is 13.5. The van der Waals surface area contributed by atoms with E-state index in [4.69, 9.17) is 0 Å². The van der Waals surface area contributed by atoms with Crippen LogP contribution in [0.5, 0.6) is 0 Å². The maximum Gasteiger partial charge on any atom is 0.240 e. The van der Waals surface area contributed by atoms with E-state index in [-0.39, 0.29) is 18.4 Å². The summed E-state index contributed by atoms with van der Waals surface area (Å²) in [6.45, 7) is 5.07. The molecule has 0 aliphatic carbocycles. The second-order valence-electron chi connectivity index (χ2n) is 5.97. The Hall–Kier alpha value is -1.53. The van der Waals surface area contributed by atoms with Gasteiger partial charge in [-0.25, -0.2) is 0 Å². The number of anilines is 1. The SMILES string of the molecule is CCN1CCCC1CNC(=O)CN1C(=O)CSc2ccccc21. The molecule has 1 aromatic rings. The number of amides is 2. The number of likely N-dealkylation sites (tertiary alicyclic amines) is 1. The predicted molar refractivity (Wildman–Crippen MR) is 92.8 cm³/mol. The number of carbonyl (C=O) groups excluding carboxylic acids is 2. The molecule has 0 bridgehead atoms. The molecule has 1 N–H and O–H groups in total. The van der Waals surface area contributed by atoms with Crippen LogP contribution in [0.1, 0.15) is 19.8 Å². The minimum atomic E-state index is -0.0805. The van der Waals surface area contributed by atoms with Crippen LogP contribution in [-0.2, 0) is 9.59 Å². The average Bonchev–Trinajstić information content (AvgIpc) is 3.03. The lowest BCUT2D eigenvalue weighted by atomic mass is 10.2. The Morgan fingerprint density at radius 2 is 2.22 bits per heavy atom. The lowest BCUT2D eigenvalue weighted by Gasteiger charge is -2.29. The fourth-order valence-electron chi connectivity index (χ4n) is 3.30. The number of fused-ring (bicyclic) bond motifs is 1. The zero-order chi connectivity index (χ0) is 16.2. The maximum atomic E-state index is 12.3. The van der Waals surface area contributed by atoms with E-state index in [2.05, 4.69) is 17.1 Å². The number of hydrogen-bond acceptors (Lipinski definition) is 4. The molecule has 124 valence electrons. The van der Waals surface area contributed by atoms with Crippen molar-refractivity contribution in [3.8, 4) is 0 Å². The Bertz CT molecular complexity index is 593. The van der Waals surface area contributed by atoms with Gasteiger partial charge in [-0.2, -0.15) is 0 Å². The van der Waals surface area contributed by atoms with Gasteiger partial charge in [-0.15, -0.1) is 11.8 Å². The van der Waals surface area contributed by atoms with Crippen LogP contribution in [0.25, 0.3) is 0 Å². The summed E-state index contributed by atoms with van der Waals surface area (Å²) in [7, 11) is 0. The summed E-state index contributed by atoms with van der Waals surface area (Å²) in [5.74, 6) is 0.319. The van der Waals surface area contributed by atoms with Crippen LogP contribution in [0.15, 0.2) is 29.2 Å². The van der Waals surface area contributed by atoms with Crippen LogP contribution in [0.3, 0.4) is 0 Å². The van der Waals surface area contributed by atoms with Crippen molar-refractivity contribution in [2.75, 3.05) is 36.8 Å². The van der Waals surface area contributed by atoms with Crippen LogP contribution in [0, 0.1) is 0 Å². The van der Waals surface area contributed by atoms with Gasteiger partial charge in [-0.1, -0.05) is 19.1 Å². The number of para-hydroxylation sites is 1. The van der Waals surface area contributed by atoms with Crippen molar-refractivity contribution >= 4 is 29.3 Å². The third-order valence-electron chi connectivity index (χ3n) is 4.55. The first kappa shape index (κ1) is 16.3. The van der Waals surface area contributed by atoms with Crippen LogP contribution >= 0.6 is 11.8 Å². The predicted octanol–water partition coefficient (Wildman–Crippen LogP) is 1.73. The molecule has 3 rings (SSSR count). The first-order valence-corrected chi connectivity index (χ1v) is 9.20. The molecular weight excluding hydrogens is 310 g/mol. The Kier molecular flexibility index (Phi) is 5.23. The summed E-state index contributed by atoms with van der Waals surface area (Å²) in [6.07, 6.45) is 2.33. The Labute approximate surface area is 141 Å². The lowest BCUT2D eigenvalue weighted by Crippen LogP contribution is -2.46. The van der Waals surface area contributed by atoms with Gasteiger partial charge >= 0.3 is 0 Å². The molecule has 1 aromatic carbocycles. The number of nitrogens with one attached hydrogen (secondary N) is 1. The second-order valence-corrected chi connectivity index (χ2v) is 6.98. The molecule has 0 spiro atoms. The monoisotopic (exact) mass is 333 g/mol. The van der Waals surface area contributed by atoms with Crippen molar-refractivity contribution in [3.63, 3.8) is 0 Å². The summed E-state index contributed by atoms with van der Waals surface area (Å²) in [5.41, 5.74) is 0.847. The molecule has 0 radical (unpaired) electrons. The minimum absolute atomic E-state index is 0.0000916. The van der Waals surface area contributed by atoms with Gasteiger partial charge in [0.05, 0.1) is 11.4 Å². The molecule has 0 aromatic heterocycles. The highest BCUT2D eigenvalue weighted by molar-refractivity contribution is 8.00. The first-order chi connectivity index (χ1) is 11.2. The Morgan fingerprint density at radius 1 is 1.39 bits per heavy atom. The number of benzene rings is 1. The van der Waals surface area contributed by atoms with Crippen LogP contribution in [0.4, 0.5) is 5.69 Å². The number of nitrogens with zero attached hydrogens (tertiary/aromatic N) is 2. The average molecular weight is 333 g/mol. The molecule has 1 fully saturated rings. The maximum absolute atomic E-state index is 12.3. The van der Waals surface area contributed by atoms with Crippen molar-refractivity contribution in [1.82, 2.24) is 10.2 Å². The van der Waals surface area contributed by atoms with Gasteiger partial charge < -0.3 is 10.2 Å². The third-order valence-corrected chi connectivity index (χ3v) is 5.60. The van der Waals surface area contributed by atoms with Crippen molar-refractivity contribution < 1.29 is 9.59 Å². The molecule has 0 saturated carbocycles. The van der Waals surface area contributed by atoms with Crippen LogP contribution in [-0.4, -0.2) is 54.7 Å². The van der Waals surface area contributed by atoms with Gasteiger partial charge in [-0.05, 0) is 38.1 Å². The van der Waals surface area contributed by atoms with Crippen molar-refractivity contribution in [2.24, 2.45) is 0 Å². The number of rotatable bonds is 5. The van der Waals surface area contributed by atoms with Crippen LogP contribution < -0.4 is 10.2 Å². The number of carbonyl (C=O) groups is 2. The summed E-state index contributed by atoms with van der Waals surface area (Å²) >= 11 is 1.54. The Balaban J connectivity index is 1.58. The Morgan fingerprint density at radius 3 is 3.04 bits per heavy atom. The van der Waals surface area contributed by atoms with Crippen molar-refractivity contribution in [1.29, 1.82) is 0 Å². The molecule has 1 unspecified atom stereocenters. The van der Waals surface area contributed by atoms with Gasteiger partial charge in [0.1, 0.15) is 6.54 Å². The van der Waals surface area contributed by atoms with E-state index in [0.29, 0.717) is 18.3 Å². The van der Waals surface area contributed by atoms with Gasteiger partial charge in [0.15, 0.2) is 0 Å². The third kappa shape index (κ3) is 3.70. The van der Waals surface area contributed by atoms with Gasteiger partial charge in [0.25, 0.3) is 0 Å². The van der Waals surface area contributed by atoms with E-state index >= 15 is 0 Å². The highest BCUT2D eigenvalue weighted by Gasteiger charge is 2.27. The summed E-state index contributed by atoms with van der Waals surface area (Å²) in [4.78, 5) is 29.5. The van der Waals surface area contributed by atoms with E-state index < -0.39 is 0 Å². The van der Waals surface area contributed by atoms with Gasteiger partial charge in [-0.3, -0.25) is 14.5 Å². The molecule has 2 heterocycles. The zero-order valence-corrected chi connectivity index (χ0v) is 14.3. The summed E-state index contributed by atoms with van der Waals surface area (Å²) in [6, 6.07) is 8.20. The second kappa shape index (κ2) is 7.36. The normalized spacial score (nSPS) is 21.3. The fraction of sp³-hybridized carbons (Fsp3) is 0.529. The van der Waals surface area contributed by atoms with E-state index in [1.54, 1.807) is 4.90 Å². The molecule has 2 aliphatic rings. The molecule has 5 nitrogen and oxygen atoms in total.